The molecule has 6 nitrogen and oxygen atoms in total. The average Bonchev–Trinajstić information content (AvgIpc) is 2.83. The second-order valence-electron chi connectivity index (χ2n) is 7.49. The van der Waals surface area contributed by atoms with Gasteiger partial charge in [0.05, 0.1) is 17.2 Å². The molecular formula is C16H31N3O3. The van der Waals surface area contributed by atoms with Crippen molar-refractivity contribution in [3.05, 3.63) is 0 Å². The predicted octanol–water partition coefficient (Wildman–Crippen LogP) is 0.679. The van der Waals surface area contributed by atoms with Crippen LogP contribution in [0.3, 0.4) is 0 Å². The molecule has 0 radical (unpaired) electrons. The highest BCUT2D eigenvalue weighted by molar-refractivity contribution is 5.71. The zero-order valence-corrected chi connectivity index (χ0v) is 14.3. The first-order valence-corrected chi connectivity index (χ1v) is 8.22. The second-order valence-corrected chi connectivity index (χ2v) is 7.49. The molecule has 6 heteroatoms. The molecule has 0 aliphatic carbocycles. The SMILES string of the molecule is CN=CC1(N2CCC(O)CC2)CCN(C(O)OC(C)(C)C)C1. The third kappa shape index (κ3) is 4.26. The molecule has 128 valence electrons. The first kappa shape index (κ1) is 17.8. The Kier molecular flexibility index (Phi) is 5.61. The van der Waals surface area contributed by atoms with Crippen molar-refractivity contribution in [3.63, 3.8) is 0 Å². The van der Waals surface area contributed by atoms with E-state index in [4.69, 9.17) is 4.74 Å². The van der Waals surface area contributed by atoms with Crippen molar-refractivity contribution in [2.45, 2.75) is 63.7 Å². The Morgan fingerprint density at radius 2 is 1.91 bits per heavy atom. The molecule has 22 heavy (non-hydrogen) atoms. The minimum atomic E-state index is -0.887. The molecule has 0 aromatic carbocycles. The number of likely N-dealkylation sites (tertiary alicyclic amines) is 2. The molecule has 0 saturated carbocycles. The van der Waals surface area contributed by atoms with Crippen molar-refractivity contribution in [2.75, 3.05) is 33.2 Å². The lowest BCUT2D eigenvalue weighted by Gasteiger charge is -2.42. The summed E-state index contributed by atoms with van der Waals surface area (Å²) in [5.74, 6) is 0. The summed E-state index contributed by atoms with van der Waals surface area (Å²) in [5.41, 5.74) is -0.532. The van der Waals surface area contributed by atoms with Gasteiger partial charge in [0.2, 0.25) is 6.41 Å². The van der Waals surface area contributed by atoms with E-state index in [0.717, 1.165) is 38.9 Å². The molecule has 2 heterocycles. The molecule has 2 N–H and O–H groups in total. The van der Waals surface area contributed by atoms with Crippen LogP contribution in [0.5, 0.6) is 0 Å². The van der Waals surface area contributed by atoms with Gasteiger partial charge < -0.3 is 14.9 Å². The number of hydrogen-bond donors (Lipinski definition) is 2. The normalized spacial score (nSPS) is 31.2. The van der Waals surface area contributed by atoms with E-state index in [0.29, 0.717) is 6.54 Å². The van der Waals surface area contributed by atoms with Crippen LogP contribution in [0.2, 0.25) is 0 Å². The lowest BCUT2D eigenvalue weighted by atomic mass is 9.93. The monoisotopic (exact) mass is 313 g/mol. The van der Waals surface area contributed by atoms with E-state index >= 15 is 0 Å². The lowest BCUT2D eigenvalue weighted by Crippen LogP contribution is -2.56. The summed E-state index contributed by atoms with van der Waals surface area (Å²) in [4.78, 5) is 8.64. The number of nitrogens with zero attached hydrogens (tertiary/aromatic N) is 3. The minimum absolute atomic E-state index is 0.156. The largest absolute Gasteiger partial charge is 0.393 e. The van der Waals surface area contributed by atoms with Gasteiger partial charge in [0.25, 0.3) is 0 Å². The lowest BCUT2D eigenvalue weighted by molar-refractivity contribution is -0.235. The van der Waals surface area contributed by atoms with Crippen LogP contribution in [0.15, 0.2) is 4.99 Å². The van der Waals surface area contributed by atoms with Gasteiger partial charge >= 0.3 is 0 Å². The van der Waals surface area contributed by atoms with Gasteiger partial charge in [-0.2, -0.15) is 0 Å². The third-order valence-electron chi connectivity index (χ3n) is 4.54. The Hall–Kier alpha value is -0.530. The zero-order chi connectivity index (χ0) is 16.4. The van der Waals surface area contributed by atoms with Crippen LogP contribution in [-0.2, 0) is 4.74 Å². The average molecular weight is 313 g/mol. The Labute approximate surface area is 133 Å². The summed E-state index contributed by atoms with van der Waals surface area (Å²) >= 11 is 0. The molecule has 2 saturated heterocycles. The molecule has 2 aliphatic heterocycles. The first-order chi connectivity index (χ1) is 10.3. The number of ether oxygens (including phenoxy) is 1. The van der Waals surface area contributed by atoms with E-state index in [1.807, 2.05) is 31.9 Å². The van der Waals surface area contributed by atoms with E-state index in [-0.39, 0.29) is 17.2 Å². The van der Waals surface area contributed by atoms with Crippen LogP contribution < -0.4 is 0 Å². The summed E-state index contributed by atoms with van der Waals surface area (Å²) in [6.45, 7) is 9.06. The Morgan fingerprint density at radius 3 is 2.45 bits per heavy atom. The van der Waals surface area contributed by atoms with Crippen molar-refractivity contribution < 1.29 is 14.9 Å². The summed E-state index contributed by atoms with van der Waals surface area (Å²) in [6.07, 6.45) is 3.47. The van der Waals surface area contributed by atoms with E-state index in [1.54, 1.807) is 7.05 Å². The highest BCUT2D eigenvalue weighted by Gasteiger charge is 2.45. The number of hydrogen-bond acceptors (Lipinski definition) is 6. The molecule has 0 aromatic heterocycles. The Bertz CT molecular complexity index is 389. The van der Waals surface area contributed by atoms with Crippen LogP contribution in [0.1, 0.15) is 40.0 Å². The van der Waals surface area contributed by atoms with Gasteiger partial charge in [-0.25, -0.2) is 0 Å². The summed E-state index contributed by atoms with van der Waals surface area (Å²) in [6, 6.07) is 0. The maximum Gasteiger partial charge on any atom is 0.216 e. The Balaban J connectivity index is 2.04. The van der Waals surface area contributed by atoms with Gasteiger partial charge in [-0.1, -0.05) is 0 Å². The molecule has 2 atom stereocenters. The van der Waals surface area contributed by atoms with Crippen molar-refractivity contribution in [3.8, 4) is 0 Å². The molecular weight excluding hydrogens is 282 g/mol. The summed E-state index contributed by atoms with van der Waals surface area (Å²) in [7, 11) is 1.80. The Morgan fingerprint density at radius 1 is 1.27 bits per heavy atom. The van der Waals surface area contributed by atoms with Gasteiger partial charge in [-0.3, -0.25) is 14.8 Å². The van der Waals surface area contributed by atoms with E-state index in [9.17, 15) is 10.2 Å². The first-order valence-electron chi connectivity index (χ1n) is 8.22. The van der Waals surface area contributed by atoms with Crippen LogP contribution in [0.25, 0.3) is 0 Å². The molecule has 2 rings (SSSR count). The van der Waals surface area contributed by atoms with Crippen LogP contribution in [0.4, 0.5) is 0 Å². The number of rotatable bonds is 4. The highest BCUT2D eigenvalue weighted by Crippen LogP contribution is 2.31. The summed E-state index contributed by atoms with van der Waals surface area (Å²) in [5, 5.41) is 20.0. The molecule has 0 aromatic rings. The van der Waals surface area contributed by atoms with Crippen LogP contribution >= 0.6 is 0 Å². The smallest absolute Gasteiger partial charge is 0.216 e. The molecule has 0 spiro atoms. The maximum atomic E-state index is 10.3. The molecule has 2 unspecified atom stereocenters. The number of aliphatic hydroxyl groups is 2. The second kappa shape index (κ2) is 6.93. The molecule has 0 bridgehead atoms. The quantitative estimate of drug-likeness (QED) is 0.590. The van der Waals surface area contributed by atoms with Gasteiger partial charge in [0.15, 0.2) is 0 Å². The zero-order valence-electron chi connectivity index (χ0n) is 14.3. The van der Waals surface area contributed by atoms with Crippen molar-refractivity contribution in [1.29, 1.82) is 0 Å². The third-order valence-corrected chi connectivity index (χ3v) is 4.54. The summed E-state index contributed by atoms with van der Waals surface area (Å²) < 4.78 is 5.68. The van der Waals surface area contributed by atoms with Crippen LogP contribution in [0, 0.1) is 0 Å². The van der Waals surface area contributed by atoms with Crippen molar-refractivity contribution in [1.82, 2.24) is 9.80 Å². The fourth-order valence-corrected chi connectivity index (χ4v) is 3.42. The predicted molar refractivity (Wildman–Crippen MR) is 87.0 cm³/mol. The van der Waals surface area contributed by atoms with E-state index < -0.39 is 6.41 Å². The van der Waals surface area contributed by atoms with Gasteiger partial charge in [0.1, 0.15) is 0 Å². The standard InChI is InChI=1S/C16H31N3O3/c1-15(2,3)22-14(21)18-10-7-16(12-18,11-17-4)19-8-5-13(20)6-9-19/h11,13-14,20-21H,5-10,12H2,1-4H3. The minimum Gasteiger partial charge on any atom is -0.393 e. The highest BCUT2D eigenvalue weighted by atomic mass is 16.6. The molecule has 0 amide bonds. The van der Waals surface area contributed by atoms with E-state index in [2.05, 4.69) is 9.89 Å². The van der Waals surface area contributed by atoms with Gasteiger partial charge in [-0.05, 0) is 40.0 Å². The fraction of sp³-hybridized carbons (Fsp3) is 0.938. The molecule has 2 fully saturated rings. The maximum absolute atomic E-state index is 10.3. The van der Waals surface area contributed by atoms with Crippen molar-refractivity contribution >= 4 is 6.21 Å². The number of aliphatic imine (C=N–C) groups is 1. The number of piperidine rings is 1. The fourth-order valence-electron chi connectivity index (χ4n) is 3.42. The van der Waals surface area contributed by atoms with Gasteiger partial charge in [-0.15, -0.1) is 0 Å². The van der Waals surface area contributed by atoms with Crippen molar-refractivity contribution in [2.24, 2.45) is 4.99 Å². The van der Waals surface area contributed by atoms with Crippen LogP contribution in [-0.4, -0.2) is 83.1 Å². The van der Waals surface area contributed by atoms with Gasteiger partial charge in [0, 0.05) is 39.4 Å². The topological polar surface area (TPSA) is 68.5 Å². The van der Waals surface area contributed by atoms with E-state index in [1.165, 1.54) is 0 Å². The number of aliphatic hydroxyl groups excluding tert-OH is 2. The molecule has 2 aliphatic rings.